The van der Waals surface area contributed by atoms with Crippen molar-refractivity contribution >= 4 is 17.4 Å². The molecule has 0 spiro atoms. The summed E-state index contributed by atoms with van der Waals surface area (Å²) in [4.78, 5) is 11.6. The minimum absolute atomic E-state index is 0.107. The molecule has 0 saturated heterocycles. The highest BCUT2D eigenvalue weighted by atomic mass is 16.1. The van der Waals surface area contributed by atoms with E-state index in [1.165, 1.54) is 11.1 Å². The Morgan fingerprint density at radius 3 is 2.26 bits per heavy atom. The molecule has 96 valence electrons. The summed E-state index contributed by atoms with van der Waals surface area (Å²) in [5.41, 5.74) is 4.23. The van der Waals surface area contributed by atoms with E-state index in [0.29, 0.717) is 0 Å². The SMILES string of the molecule is CC/C(=C/c1ccccc1C(C)=O)c1ccccc1. The van der Waals surface area contributed by atoms with E-state index in [9.17, 15) is 4.79 Å². The molecule has 0 amide bonds. The molecule has 0 radical (unpaired) electrons. The summed E-state index contributed by atoms with van der Waals surface area (Å²) in [5.74, 6) is 0.107. The topological polar surface area (TPSA) is 17.1 Å². The molecule has 0 aliphatic carbocycles. The predicted molar refractivity (Wildman–Crippen MR) is 81.1 cm³/mol. The summed E-state index contributed by atoms with van der Waals surface area (Å²) >= 11 is 0. The van der Waals surface area contributed by atoms with E-state index in [4.69, 9.17) is 0 Å². The standard InChI is InChI=1S/C18H18O/c1-3-15(16-9-5-4-6-10-16)13-17-11-7-8-12-18(17)14(2)19/h4-13H,3H2,1-2H3/b15-13-. The second kappa shape index (κ2) is 6.14. The minimum atomic E-state index is 0.107. The molecule has 0 aliphatic rings. The van der Waals surface area contributed by atoms with Crippen LogP contribution in [0.3, 0.4) is 0 Å². The van der Waals surface area contributed by atoms with Gasteiger partial charge in [-0.25, -0.2) is 0 Å². The lowest BCUT2D eigenvalue weighted by atomic mass is 9.97. The molecule has 0 unspecified atom stereocenters. The van der Waals surface area contributed by atoms with E-state index in [0.717, 1.165) is 17.5 Å². The van der Waals surface area contributed by atoms with Gasteiger partial charge in [0.1, 0.15) is 0 Å². The zero-order valence-corrected chi connectivity index (χ0v) is 11.4. The third-order valence-electron chi connectivity index (χ3n) is 3.20. The van der Waals surface area contributed by atoms with E-state index < -0.39 is 0 Å². The van der Waals surface area contributed by atoms with Gasteiger partial charge in [0, 0.05) is 5.56 Å². The van der Waals surface area contributed by atoms with Gasteiger partial charge >= 0.3 is 0 Å². The Kier molecular flexibility index (Phi) is 4.30. The van der Waals surface area contributed by atoms with Gasteiger partial charge < -0.3 is 0 Å². The number of allylic oxidation sites excluding steroid dienone is 1. The first-order chi connectivity index (χ1) is 9.22. The van der Waals surface area contributed by atoms with Crippen molar-refractivity contribution in [3.8, 4) is 0 Å². The lowest BCUT2D eigenvalue weighted by Gasteiger charge is -2.07. The van der Waals surface area contributed by atoms with Crippen molar-refractivity contribution in [3.05, 3.63) is 71.3 Å². The lowest BCUT2D eigenvalue weighted by Crippen LogP contribution is -1.95. The number of hydrogen-bond acceptors (Lipinski definition) is 1. The summed E-state index contributed by atoms with van der Waals surface area (Å²) in [6.07, 6.45) is 3.06. The molecule has 19 heavy (non-hydrogen) atoms. The van der Waals surface area contributed by atoms with Gasteiger partial charge in [0.2, 0.25) is 0 Å². The van der Waals surface area contributed by atoms with Gasteiger partial charge in [0.25, 0.3) is 0 Å². The molecule has 0 aromatic heterocycles. The van der Waals surface area contributed by atoms with Gasteiger partial charge in [-0.15, -0.1) is 0 Å². The maximum absolute atomic E-state index is 11.6. The molecule has 0 bridgehead atoms. The molecule has 2 aromatic carbocycles. The van der Waals surface area contributed by atoms with Gasteiger partial charge in [-0.05, 0) is 30.0 Å². The number of hydrogen-bond donors (Lipinski definition) is 0. The lowest BCUT2D eigenvalue weighted by molar-refractivity contribution is 0.101. The van der Waals surface area contributed by atoms with E-state index in [2.05, 4.69) is 25.1 Å². The number of carbonyl (C=O) groups is 1. The van der Waals surface area contributed by atoms with Crippen LogP contribution in [0.5, 0.6) is 0 Å². The summed E-state index contributed by atoms with van der Waals surface area (Å²) in [7, 11) is 0. The van der Waals surface area contributed by atoms with Gasteiger partial charge in [0.05, 0.1) is 0 Å². The van der Waals surface area contributed by atoms with Crippen molar-refractivity contribution in [1.29, 1.82) is 0 Å². The number of carbonyl (C=O) groups excluding carboxylic acids is 1. The van der Waals surface area contributed by atoms with Crippen LogP contribution in [0.25, 0.3) is 11.6 Å². The Labute approximate surface area is 114 Å². The Morgan fingerprint density at radius 2 is 1.63 bits per heavy atom. The second-order valence-electron chi connectivity index (χ2n) is 4.53. The van der Waals surface area contributed by atoms with Crippen LogP contribution >= 0.6 is 0 Å². The zero-order chi connectivity index (χ0) is 13.7. The average Bonchev–Trinajstić information content (AvgIpc) is 2.46. The van der Waals surface area contributed by atoms with Crippen LogP contribution in [0.4, 0.5) is 0 Å². The quantitative estimate of drug-likeness (QED) is 0.560. The zero-order valence-electron chi connectivity index (χ0n) is 11.4. The highest BCUT2D eigenvalue weighted by Gasteiger charge is 2.05. The van der Waals surface area contributed by atoms with E-state index in [1.54, 1.807) is 6.92 Å². The fraction of sp³-hybridized carbons (Fsp3) is 0.167. The Balaban J connectivity index is 2.47. The van der Waals surface area contributed by atoms with Crippen LogP contribution in [-0.2, 0) is 0 Å². The summed E-state index contributed by atoms with van der Waals surface area (Å²) in [6, 6.07) is 18.0. The van der Waals surface area contributed by atoms with Gasteiger partial charge in [0.15, 0.2) is 5.78 Å². The van der Waals surface area contributed by atoms with Crippen molar-refractivity contribution < 1.29 is 4.79 Å². The maximum Gasteiger partial charge on any atom is 0.160 e. The molecule has 0 saturated carbocycles. The smallest absolute Gasteiger partial charge is 0.160 e. The molecule has 0 atom stereocenters. The molecular formula is C18H18O. The summed E-state index contributed by atoms with van der Waals surface area (Å²) in [6.45, 7) is 3.75. The number of ketones is 1. The van der Waals surface area contributed by atoms with Gasteiger partial charge in [-0.1, -0.05) is 67.6 Å². The van der Waals surface area contributed by atoms with E-state index in [-0.39, 0.29) is 5.78 Å². The van der Waals surface area contributed by atoms with Crippen LogP contribution in [0.2, 0.25) is 0 Å². The first kappa shape index (κ1) is 13.3. The Hall–Kier alpha value is -2.15. The molecule has 0 N–H and O–H groups in total. The Bertz CT molecular complexity index is 594. The molecule has 2 rings (SSSR count). The Morgan fingerprint density at radius 1 is 1.00 bits per heavy atom. The number of rotatable bonds is 4. The first-order valence-corrected chi connectivity index (χ1v) is 6.58. The third-order valence-corrected chi connectivity index (χ3v) is 3.20. The molecule has 1 nitrogen and oxygen atoms in total. The molecule has 2 aromatic rings. The van der Waals surface area contributed by atoms with Crippen molar-refractivity contribution in [2.75, 3.05) is 0 Å². The second-order valence-corrected chi connectivity index (χ2v) is 4.53. The fourth-order valence-corrected chi connectivity index (χ4v) is 2.17. The van der Waals surface area contributed by atoms with Crippen LogP contribution < -0.4 is 0 Å². The molecule has 1 heteroatoms. The van der Waals surface area contributed by atoms with Crippen LogP contribution in [0, 0.1) is 0 Å². The van der Waals surface area contributed by atoms with Crippen LogP contribution in [0.15, 0.2) is 54.6 Å². The fourth-order valence-electron chi connectivity index (χ4n) is 2.17. The van der Waals surface area contributed by atoms with Crippen LogP contribution in [-0.4, -0.2) is 5.78 Å². The summed E-state index contributed by atoms with van der Waals surface area (Å²) < 4.78 is 0. The van der Waals surface area contributed by atoms with Crippen molar-refractivity contribution in [1.82, 2.24) is 0 Å². The molecule has 0 fully saturated rings. The number of Topliss-reactive ketones (excluding diaryl/α,β-unsaturated/α-hetero) is 1. The van der Waals surface area contributed by atoms with Crippen molar-refractivity contribution in [2.45, 2.75) is 20.3 Å². The summed E-state index contributed by atoms with van der Waals surface area (Å²) in [5, 5.41) is 0. The van der Waals surface area contributed by atoms with Gasteiger partial charge in [-0.3, -0.25) is 4.79 Å². The van der Waals surface area contributed by atoms with E-state index >= 15 is 0 Å². The predicted octanol–water partition coefficient (Wildman–Crippen LogP) is 4.84. The maximum atomic E-state index is 11.6. The third kappa shape index (κ3) is 3.19. The number of benzene rings is 2. The highest BCUT2D eigenvalue weighted by Crippen LogP contribution is 2.23. The van der Waals surface area contributed by atoms with Crippen molar-refractivity contribution in [2.24, 2.45) is 0 Å². The largest absolute Gasteiger partial charge is 0.294 e. The normalized spacial score (nSPS) is 11.4. The molecule has 0 heterocycles. The van der Waals surface area contributed by atoms with E-state index in [1.807, 2.05) is 42.5 Å². The molecular weight excluding hydrogens is 232 g/mol. The first-order valence-electron chi connectivity index (χ1n) is 6.58. The highest BCUT2D eigenvalue weighted by molar-refractivity contribution is 5.99. The minimum Gasteiger partial charge on any atom is -0.294 e. The monoisotopic (exact) mass is 250 g/mol. The van der Waals surface area contributed by atoms with Gasteiger partial charge in [-0.2, -0.15) is 0 Å². The average molecular weight is 250 g/mol. The van der Waals surface area contributed by atoms with Crippen LogP contribution in [0.1, 0.15) is 41.8 Å². The molecule has 0 aliphatic heterocycles. The van der Waals surface area contributed by atoms with Crippen molar-refractivity contribution in [3.63, 3.8) is 0 Å².